The van der Waals surface area contributed by atoms with Crippen molar-refractivity contribution >= 4 is 5.91 Å². The molecule has 0 aliphatic carbocycles. The van der Waals surface area contributed by atoms with Crippen molar-refractivity contribution < 1.29 is 14.3 Å². The zero-order valence-corrected chi connectivity index (χ0v) is 12.4. The lowest BCUT2D eigenvalue weighted by Crippen LogP contribution is -2.30. The van der Waals surface area contributed by atoms with Gasteiger partial charge >= 0.3 is 0 Å². The largest absolute Gasteiger partial charge is 0.497 e. The summed E-state index contributed by atoms with van der Waals surface area (Å²) in [5, 5.41) is 0. The molecule has 5 heteroatoms. The van der Waals surface area contributed by atoms with E-state index in [1.807, 2.05) is 35.2 Å². The Morgan fingerprint density at radius 2 is 2.05 bits per heavy atom. The van der Waals surface area contributed by atoms with Gasteiger partial charge in [0.05, 0.1) is 13.7 Å². The van der Waals surface area contributed by atoms with Crippen LogP contribution in [0.4, 0.5) is 0 Å². The number of ether oxygens (including phenoxy) is 2. The van der Waals surface area contributed by atoms with E-state index in [1.54, 1.807) is 25.6 Å². The Kier molecular flexibility index (Phi) is 4.23. The zero-order chi connectivity index (χ0) is 15.4. The highest BCUT2D eigenvalue weighted by Gasteiger charge is 2.28. The van der Waals surface area contributed by atoms with Crippen molar-refractivity contribution in [2.24, 2.45) is 0 Å². The number of methoxy groups -OCH3 is 1. The normalized spacial score (nSPS) is 17.3. The number of nitrogens with zero attached hydrogens (tertiary/aromatic N) is 2. The number of benzene rings is 1. The molecule has 0 saturated carbocycles. The van der Waals surface area contributed by atoms with E-state index in [0.717, 1.165) is 12.2 Å². The molecule has 1 saturated heterocycles. The van der Waals surface area contributed by atoms with Gasteiger partial charge in [-0.1, -0.05) is 6.07 Å². The first kappa shape index (κ1) is 14.4. The number of amides is 1. The van der Waals surface area contributed by atoms with E-state index < -0.39 is 0 Å². The molecule has 0 N–H and O–H groups in total. The van der Waals surface area contributed by atoms with Gasteiger partial charge in [0.15, 0.2) is 0 Å². The molecule has 0 spiro atoms. The van der Waals surface area contributed by atoms with Crippen LogP contribution < -0.4 is 9.47 Å². The van der Waals surface area contributed by atoms with Gasteiger partial charge in [0.1, 0.15) is 17.6 Å². The first-order valence-corrected chi connectivity index (χ1v) is 7.26. The van der Waals surface area contributed by atoms with Crippen LogP contribution in [-0.4, -0.2) is 42.1 Å². The molecular formula is C17H18N2O3. The highest BCUT2D eigenvalue weighted by atomic mass is 16.5. The fraction of sp³-hybridized carbons (Fsp3) is 0.294. The lowest BCUT2D eigenvalue weighted by molar-refractivity contribution is 0.0772. The van der Waals surface area contributed by atoms with Gasteiger partial charge in [-0.05, 0) is 30.3 Å². The predicted octanol–water partition coefficient (Wildman–Crippen LogP) is 2.38. The summed E-state index contributed by atoms with van der Waals surface area (Å²) in [5.74, 6) is 1.49. The zero-order valence-electron chi connectivity index (χ0n) is 12.4. The topological polar surface area (TPSA) is 51.7 Å². The Labute approximate surface area is 129 Å². The third kappa shape index (κ3) is 3.19. The van der Waals surface area contributed by atoms with Crippen molar-refractivity contribution in [3.63, 3.8) is 0 Å². The second-order valence-corrected chi connectivity index (χ2v) is 5.19. The fourth-order valence-electron chi connectivity index (χ4n) is 2.56. The van der Waals surface area contributed by atoms with Crippen LogP contribution in [0.3, 0.4) is 0 Å². The van der Waals surface area contributed by atoms with Crippen LogP contribution >= 0.6 is 0 Å². The first-order chi connectivity index (χ1) is 10.8. The Balaban J connectivity index is 1.63. The van der Waals surface area contributed by atoms with Gasteiger partial charge in [-0.15, -0.1) is 0 Å². The second kappa shape index (κ2) is 6.47. The molecule has 5 nitrogen and oxygen atoms in total. The van der Waals surface area contributed by atoms with Crippen LogP contribution in [0, 0.1) is 0 Å². The average Bonchev–Trinajstić information content (AvgIpc) is 3.03. The molecule has 1 aliphatic rings. The molecular weight excluding hydrogens is 280 g/mol. The van der Waals surface area contributed by atoms with Gasteiger partial charge in [-0.25, -0.2) is 0 Å². The van der Waals surface area contributed by atoms with Crippen molar-refractivity contribution in [2.75, 3.05) is 20.2 Å². The molecule has 22 heavy (non-hydrogen) atoms. The maximum absolute atomic E-state index is 12.5. The molecule has 0 bridgehead atoms. The molecule has 114 valence electrons. The molecule has 1 fully saturated rings. The second-order valence-electron chi connectivity index (χ2n) is 5.19. The smallest absolute Gasteiger partial charge is 0.254 e. The number of carbonyl (C=O) groups excluding carboxylic acids is 1. The van der Waals surface area contributed by atoms with E-state index in [1.165, 1.54) is 0 Å². The van der Waals surface area contributed by atoms with Gasteiger partial charge in [0, 0.05) is 30.9 Å². The first-order valence-electron chi connectivity index (χ1n) is 7.26. The summed E-state index contributed by atoms with van der Waals surface area (Å²) in [6.07, 6.45) is 4.25. The number of carbonyl (C=O) groups is 1. The van der Waals surface area contributed by atoms with Crippen LogP contribution in [0.2, 0.25) is 0 Å². The van der Waals surface area contributed by atoms with Crippen molar-refractivity contribution in [1.29, 1.82) is 0 Å². The van der Waals surface area contributed by atoms with Crippen LogP contribution in [0.25, 0.3) is 0 Å². The van der Waals surface area contributed by atoms with Gasteiger partial charge in [0.2, 0.25) is 0 Å². The standard InChI is InChI=1S/C17H18N2O3/c1-21-15-4-2-3-13(11-15)17(20)19-10-7-16(12-19)22-14-5-8-18-9-6-14/h2-6,8-9,11,16H,7,10,12H2,1H3/t16-/m0/s1. The highest BCUT2D eigenvalue weighted by molar-refractivity contribution is 5.94. The number of aromatic nitrogens is 1. The molecule has 1 atom stereocenters. The summed E-state index contributed by atoms with van der Waals surface area (Å²) >= 11 is 0. The van der Waals surface area contributed by atoms with Crippen LogP contribution in [0.1, 0.15) is 16.8 Å². The summed E-state index contributed by atoms with van der Waals surface area (Å²) in [4.78, 5) is 18.3. The third-order valence-corrected chi connectivity index (χ3v) is 3.70. The lowest BCUT2D eigenvalue weighted by Gasteiger charge is -2.17. The Morgan fingerprint density at radius 3 is 2.82 bits per heavy atom. The molecule has 1 aromatic carbocycles. The van der Waals surface area contributed by atoms with E-state index in [2.05, 4.69) is 4.98 Å². The van der Waals surface area contributed by atoms with E-state index in [-0.39, 0.29) is 12.0 Å². The van der Waals surface area contributed by atoms with Gasteiger partial charge in [-0.2, -0.15) is 0 Å². The van der Waals surface area contributed by atoms with Crippen LogP contribution in [-0.2, 0) is 0 Å². The van der Waals surface area contributed by atoms with Crippen LogP contribution in [0.15, 0.2) is 48.8 Å². The molecule has 2 aromatic rings. The third-order valence-electron chi connectivity index (χ3n) is 3.70. The summed E-state index contributed by atoms with van der Waals surface area (Å²) in [5.41, 5.74) is 0.643. The fourth-order valence-corrected chi connectivity index (χ4v) is 2.56. The minimum atomic E-state index is 0.0136. The maximum Gasteiger partial charge on any atom is 0.254 e. The van der Waals surface area contributed by atoms with Crippen molar-refractivity contribution in [1.82, 2.24) is 9.88 Å². The van der Waals surface area contributed by atoms with Gasteiger partial charge in [-0.3, -0.25) is 9.78 Å². The summed E-state index contributed by atoms with van der Waals surface area (Å²) in [6.45, 7) is 1.30. The van der Waals surface area contributed by atoms with E-state index >= 15 is 0 Å². The minimum absolute atomic E-state index is 0.0136. The molecule has 1 aromatic heterocycles. The number of pyridine rings is 1. The maximum atomic E-state index is 12.5. The number of likely N-dealkylation sites (tertiary alicyclic amines) is 1. The van der Waals surface area contributed by atoms with E-state index in [0.29, 0.717) is 24.4 Å². The predicted molar refractivity (Wildman–Crippen MR) is 82.2 cm³/mol. The number of hydrogen-bond donors (Lipinski definition) is 0. The molecule has 0 unspecified atom stereocenters. The molecule has 0 radical (unpaired) electrons. The SMILES string of the molecule is COc1cccc(C(=O)N2CC[C@H](Oc3ccncc3)C2)c1. The number of hydrogen-bond acceptors (Lipinski definition) is 4. The average molecular weight is 298 g/mol. The monoisotopic (exact) mass is 298 g/mol. The summed E-state index contributed by atoms with van der Waals surface area (Å²) < 4.78 is 11.0. The highest BCUT2D eigenvalue weighted by Crippen LogP contribution is 2.20. The number of rotatable bonds is 4. The van der Waals surface area contributed by atoms with Crippen molar-refractivity contribution in [2.45, 2.75) is 12.5 Å². The summed E-state index contributed by atoms with van der Waals surface area (Å²) in [7, 11) is 1.60. The van der Waals surface area contributed by atoms with Crippen molar-refractivity contribution in [3.8, 4) is 11.5 Å². The molecule has 3 rings (SSSR count). The quantitative estimate of drug-likeness (QED) is 0.869. The van der Waals surface area contributed by atoms with E-state index in [4.69, 9.17) is 9.47 Å². The lowest BCUT2D eigenvalue weighted by atomic mass is 10.2. The molecule has 1 aliphatic heterocycles. The van der Waals surface area contributed by atoms with Crippen LogP contribution in [0.5, 0.6) is 11.5 Å². The summed E-state index contributed by atoms with van der Waals surface area (Å²) in [6, 6.07) is 10.9. The van der Waals surface area contributed by atoms with Gasteiger partial charge in [0.25, 0.3) is 5.91 Å². The Hall–Kier alpha value is -2.56. The Morgan fingerprint density at radius 1 is 1.23 bits per heavy atom. The Bertz CT molecular complexity index is 645. The molecule has 2 heterocycles. The van der Waals surface area contributed by atoms with Crippen molar-refractivity contribution in [3.05, 3.63) is 54.4 Å². The molecule has 1 amide bonds. The van der Waals surface area contributed by atoms with E-state index in [9.17, 15) is 4.79 Å². The minimum Gasteiger partial charge on any atom is -0.497 e. The van der Waals surface area contributed by atoms with Gasteiger partial charge < -0.3 is 14.4 Å².